The van der Waals surface area contributed by atoms with Crippen LogP contribution >= 0.6 is 0 Å². The molecule has 0 spiro atoms. The third kappa shape index (κ3) is 1.83. The van der Waals surface area contributed by atoms with E-state index in [-0.39, 0.29) is 17.1 Å². The molecule has 2 aliphatic rings. The summed E-state index contributed by atoms with van der Waals surface area (Å²) in [5.74, 6) is 0.0943. The van der Waals surface area contributed by atoms with Gasteiger partial charge in [-0.3, -0.25) is 4.79 Å². The summed E-state index contributed by atoms with van der Waals surface area (Å²) in [6, 6.07) is 6.86. The van der Waals surface area contributed by atoms with Crippen molar-refractivity contribution in [2.24, 2.45) is 11.3 Å². The highest BCUT2D eigenvalue weighted by Crippen LogP contribution is 2.50. The first-order valence-electron chi connectivity index (χ1n) is 6.42. The highest BCUT2D eigenvalue weighted by molar-refractivity contribution is 7.89. The molecule has 4 nitrogen and oxygen atoms in total. The van der Waals surface area contributed by atoms with Gasteiger partial charge in [0.2, 0.25) is 10.0 Å². The number of hydrogen-bond donors (Lipinski definition) is 0. The molecule has 1 saturated carbocycles. The molecule has 0 radical (unpaired) electrons. The summed E-state index contributed by atoms with van der Waals surface area (Å²) in [7, 11) is -3.46. The third-order valence-electron chi connectivity index (χ3n) is 4.39. The topological polar surface area (TPSA) is 54.5 Å². The SMILES string of the molecule is Cc1ccc(S(=O)(=O)N2C[C@H]3C(=O)C[C@@]3(C)C2)cc1. The molecule has 1 aliphatic heterocycles. The van der Waals surface area contributed by atoms with Gasteiger partial charge in [0.05, 0.1) is 4.90 Å². The average molecular weight is 279 g/mol. The standard InChI is InChI=1S/C14H17NO3S/c1-10-3-5-11(6-4-10)19(17,18)15-8-12-13(16)7-14(12,2)9-15/h3-6,12H,7-9H2,1-2H3/t12-,14-/m0/s1. The van der Waals surface area contributed by atoms with Crippen LogP contribution in [0.25, 0.3) is 0 Å². The lowest BCUT2D eigenvalue weighted by atomic mass is 9.63. The fraction of sp³-hybridized carbons (Fsp3) is 0.500. The first kappa shape index (κ1) is 12.8. The van der Waals surface area contributed by atoms with Gasteiger partial charge >= 0.3 is 0 Å². The Morgan fingerprint density at radius 1 is 1.26 bits per heavy atom. The van der Waals surface area contributed by atoms with E-state index in [9.17, 15) is 13.2 Å². The number of benzene rings is 1. The summed E-state index contributed by atoms with van der Waals surface area (Å²) < 4.78 is 26.5. The van der Waals surface area contributed by atoms with Crippen LogP contribution in [-0.2, 0) is 14.8 Å². The smallest absolute Gasteiger partial charge is 0.243 e. The molecule has 2 fully saturated rings. The van der Waals surface area contributed by atoms with Crippen molar-refractivity contribution >= 4 is 15.8 Å². The number of hydrogen-bond acceptors (Lipinski definition) is 3. The number of aryl methyl sites for hydroxylation is 1. The van der Waals surface area contributed by atoms with E-state index in [4.69, 9.17) is 0 Å². The predicted molar refractivity (Wildman–Crippen MR) is 71.2 cm³/mol. The molecule has 5 heteroatoms. The van der Waals surface area contributed by atoms with Crippen molar-refractivity contribution in [3.05, 3.63) is 29.8 Å². The van der Waals surface area contributed by atoms with Gasteiger partial charge in [-0.25, -0.2) is 8.42 Å². The third-order valence-corrected chi connectivity index (χ3v) is 6.22. The number of ketones is 1. The lowest BCUT2D eigenvalue weighted by Crippen LogP contribution is -2.45. The molecule has 19 heavy (non-hydrogen) atoms. The maximum atomic E-state index is 12.5. The maximum absolute atomic E-state index is 12.5. The van der Waals surface area contributed by atoms with Gasteiger partial charge in [0.25, 0.3) is 0 Å². The van der Waals surface area contributed by atoms with Crippen LogP contribution < -0.4 is 0 Å². The predicted octanol–water partition coefficient (Wildman–Crippen LogP) is 1.59. The zero-order chi connectivity index (χ0) is 13.8. The number of nitrogens with zero attached hydrogens (tertiary/aromatic N) is 1. The van der Waals surface area contributed by atoms with Crippen molar-refractivity contribution in [3.8, 4) is 0 Å². The monoisotopic (exact) mass is 279 g/mol. The Bertz CT molecular complexity index is 635. The number of sulfonamides is 1. The van der Waals surface area contributed by atoms with Crippen LogP contribution in [0.5, 0.6) is 0 Å². The molecule has 1 aromatic carbocycles. The van der Waals surface area contributed by atoms with Crippen LogP contribution in [0.15, 0.2) is 29.2 Å². The van der Waals surface area contributed by atoms with E-state index in [2.05, 4.69) is 0 Å². The molecule has 1 heterocycles. The number of carbonyl (C=O) groups is 1. The Balaban J connectivity index is 1.90. The number of rotatable bonds is 2. The molecule has 3 rings (SSSR count). The van der Waals surface area contributed by atoms with Gasteiger partial charge in [-0.2, -0.15) is 4.31 Å². The Kier molecular flexibility index (Phi) is 2.63. The van der Waals surface area contributed by atoms with Gasteiger partial charge in [0.15, 0.2) is 0 Å². The Morgan fingerprint density at radius 3 is 2.42 bits per heavy atom. The van der Waals surface area contributed by atoms with E-state index in [1.807, 2.05) is 13.8 Å². The molecule has 1 aliphatic carbocycles. The van der Waals surface area contributed by atoms with Gasteiger partial charge in [-0.1, -0.05) is 24.6 Å². The van der Waals surface area contributed by atoms with E-state index in [0.717, 1.165) is 5.56 Å². The van der Waals surface area contributed by atoms with Gasteiger partial charge in [0, 0.05) is 25.4 Å². The minimum Gasteiger partial charge on any atom is -0.299 e. The molecule has 1 saturated heterocycles. The number of carbonyl (C=O) groups excluding carboxylic acids is 1. The molecule has 0 N–H and O–H groups in total. The van der Waals surface area contributed by atoms with Crippen molar-refractivity contribution in [2.75, 3.05) is 13.1 Å². The van der Waals surface area contributed by atoms with Crippen LogP contribution in [-0.4, -0.2) is 31.6 Å². The second kappa shape index (κ2) is 3.90. The molecule has 102 valence electrons. The molecule has 0 amide bonds. The first-order chi connectivity index (χ1) is 8.83. The lowest BCUT2D eigenvalue weighted by Gasteiger charge is -2.38. The normalized spacial score (nSPS) is 31.1. The molecule has 2 atom stereocenters. The van der Waals surface area contributed by atoms with Gasteiger partial charge in [-0.15, -0.1) is 0 Å². The highest BCUT2D eigenvalue weighted by Gasteiger charge is 2.57. The molecule has 0 unspecified atom stereocenters. The van der Waals surface area contributed by atoms with E-state index >= 15 is 0 Å². The summed E-state index contributed by atoms with van der Waals surface area (Å²) in [4.78, 5) is 11.9. The fourth-order valence-electron chi connectivity index (χ4n) is 3.10. The molecule has 0 bridgehead atoms. The highest BCUT2D eigenvalue weighted by atomic mass is 32.2. The van der Waals surface area contributed by atoms with Crippen molar-refractivity contribution in [3.63, 3.8) is 0 Å². The molecular formula is C14H17NO3S. The van der Waals surface area contributed by atoms with Crippen LogP contribution in [0.3, 0.4) is 0 Å². The average Bonchev–Trinajstić information content (AvgIpc) is 2.62. The van der Waals surface area contributed by atoms with Crippen LogP contribution in [0, 0.1) is 18.3 Å². The van der Waals surface area contributed by atoms with Gasteiger partial charge < -0.3 is 0 Å². The molecule has 0 aromatic heterocycles. The fourth-order valence-corrected chi connectivity index (χ4v) is 4.69. The largest absolute Gasteiger partial charge is 0.299 e. The summed E-state index contributed by atoms with van der Waals surface area (Å²) in [5, 5.41) is 0. The van der Waals surface area contributed by atoms with Crippen molar-refractivity contribution in [1.82, 2.24) is 4.31 Å². The van der Waals surface area contributed by atoms with E-state index in [0.29, 0.717) is 24.4 Å². The van der Waals surface area contributed by atoms with E-state index in [1.54, 1.807) is 24.3 Å². The van der Waals surface area contributed by atoms with E-state index < -0.39 is 10.0 Å². The van der Waals surface area contributed by atoms with E-state index in [1.165, 1.54) is 4.31 Å². The zero-order valence-electron chi connectivity index (χ0n) is 11.1. The Labute approximate surface area is 113 Å². The van der Waals surface area contributed by atoms with Crippen molar-refractivity contribution in [1.29, 1.82) is 0 Å². The zero-order valence-corrected chi connectivity index (χ0v) is 11.9. The summed E-state index contributed by atoms with van der Waals surface area (Å²) in [5.41, 5.74) is 0.886. The summed E-state index contributed by atoms with van der Waals surface area (Å²) >= 11 is 0. The van der Waals surface area contributed by atoms with Crippen LogP contribution in [0.4, 0.5) is 0 Å². The minimum absolute atomic E-state index is 0.104. The molecule has 1 aromatic rings. The second-order valence-corrected chi connectivity index (χ2v) is 7.90. The first-order valence-corrected chi connectivity index (χ1v) is 7.86. The van der Waals surface area contributed by atoms with Crippen LogP contribution in [0.1, 0.15) is 18.9 Å². The van der Waals surface area contributed by atoms with Gasteiger partial charge in [-0.05, 0) is 24.5 Å². The van der Waals surface area contributed by atoms with Gasteiger partial charge in [0.1, 0.15) is 5.78 Å². The lowest BCUT2D eigenvalue weighted by molar-refractivity contribution is -0.137. The van der Waals surface area contributed by atoms with Crippen molar-refractivity contribution in [2.45, 2.75) is 25.2 Å². The minimum atomic E-state index is -3.46. The number of Topliss-reactive ketones (excluding diaryl/α,β-unsaturated/α-hetero) is 1. The molecular weight excluding hydrogens is 262 g/mol. The summed E-state index contributed by atoms with van der Waals surface area (Å²) in [6.45, 7) is 4.72. The maximum Gasteiger partial charge on any atom is 0.243 e. The second-order valence-electron chi connectivity index (χ2n) is 5.96. The quantitative estimate of drug-likeness (QED) is 0.826. The van der Waals surface area contributed by atoms with Crippen molar-refractivity contribution < 1.29 is 13.2 Å². The summed E-state index contributed by atoms with van der Waals surface area (Å²) in [6.07, 6.45) is 0.511. The Morgan fingerprint density at radius 2 is 1.89 bits per heavy atom. The number of fused-ring (bicyclic) bond motifs is 1. The van der Waals surface area contributed by atoms with Crippen LogP contribution in [0.2, 0.25) is 0 Å². The Hall–Kier alpha value is -1.20.